The van der Waals surface area contributed by atoms with Crippen LogP contribution in [0.3, 0.4) is 0 Å². The zero-order chi connectivity index (χ0) is 19.5. The zero-order valence-electron chi connectivity index (χ0n) is 16.2. The first-order valence-electron chi connectivity index (χ1n) is 9.91. The summed E-state index contributed by atoms with van der Waals surface area (Å²) in [6, 6.07) is 5.22. The lowest BCUT2D eigenvalue weighted by atomic mass is 9.93. The molecule has 4 rings (SSSR count). The second kappa shape index (κ2) is 8.46. The molecule has 2 aliphatic heterocycles. The average molecular weight is 389 g/mol. The predicted molar refractivity (Wildman–Crippen MR) is 105 cm³/mol. The zero-order valence-corrected chi connectivity index (χ0v) is 16.2. The van der Waals surface area contributed by atoms with Gasteiger partial charge in [-0.1, -0.05) is 6.07 Å². The first kappa shape index (κ1) is 19.2. The van der Waals surface area contributed by atoms with Gasteiger partial charge in [0.15, 0.2) is 6.29 Å². The molecule has 0 atom stereocenters. The van der Waals surface area contributed by atoms with Gasteiger partial charge < -0.3 is 19.2 Å². The molecule has 0 saturated carbocycles. The van der Waals surface area contributed by atoms with Crippen molar-refractivity contribution in [2.75, 3.05) is 40.0 Å². The van der Waals surface area contributed by atoms with Gasteiger partial charge in [0.2, 0.25) is 0 Å². The molecule has 1 aromatic heterocycles. The number of aromatic amines is 1. The molecule has 2 fully saturated rings. The Morgan fingerprint density at radius 1 is 1.18 bits per heavy atom. The maximum atomic E-state index is 12.9. The number of benzene rings is 1. The summed E-state index contributed by atoms with van der Waals surface area (Å²) in [5.41, 5.74) is -0.141. The largest absolute Gasteiger partial charge is 0.496 e. The number of ether oxygens (including phenoxy) is 3. The van der Waals surface area contributed by atoms with Crippen LogP contribution in [0.5, 0.6) is 5.75 Å². The summed E-state index contributed by atoms with van der Waals surface area (Å²) in [7, 11) is 1.53. The van der Waals surface area contributed by atoms with E-state index in [4.69, 9.17) is 14.2 Å². The number of hydrogen-bond acceptors (Lipinski definition) is 6. The summed E-state index contributed by atoms with van der Waals surface area (Å²) < 4.78 is 17.6. The van der Waals surface area contributed by atoms with Crippen LogP contribution in [-0.2, 0) is 16.0 Å². The number of nitrogens with zero attached hydrogens (tertiary/aromatic N) is 2. The van der Waals surface area contributed by atoms with Gasteiger partial charge in [0.1, 0.15) is 11.1 Å². The minimum absolute atomic E-state index is 0.0961. The number of piperidine rings is 1. The number of aromatic nitrogens is 2. The Balaban J connectivity index is 1.39. The van der Waals surface area contributed by atoms with E-state index in [1.54, 1.807) is 18.2 Å². The minimum atomic E-state index is -0.362. The molecule has 0 radical (unpaired) electrons. The van der Waals surface area contributed by atoms with Crippen LogP contribution in [0.4, 0.5) is 0 Å². The SMILES string of the molecule is COc1cccc2[nH]c(=O)n(CCC3CCN(CC4OCCO4)CC3)c(=O)c12. The van der Waals surface area contributed by atoms with Gasteiger partial charge in [-0.15, -0.1) is 0 Å². The Kier molecular flexibility index (Phi) is 5.79. The Hall–Kier alpha value is -2.16. The van der Waals surface area contributed by atoms with E-state index in [0.29, 0.717) is 42.3 Å². The molecule has 2 saturated heterocycles. The van der Waals surface area contributed by atoms with Crippen molar-refractivity contribution in [3.8, 4) is 5.75 Å². The standard InChI is InChI=1S/C20H27N3O5/c1-26-16-4-2-3-15-18(16)19(24)23(20(25)21-15)10-7-14-5-8-22(9-6-14)13-17-27-11-12-28-17/h2-4,14,17H,5-13H2,1H3,(H,21,25). The van der Waals surface area contributed by atoms with Gasteiger partial charge in [-0.05, 0) is 50.4 Å². The molecule has 2 aliphatic rings. The molecular weight excluding hydrogens is 362 g/mol. The third kappa shape index (κ3) is 3.99. The van der Waals surface area contributed by atoms with Crippen molar-refractivity contribution in [1.29, 1.82) is 0 Å². The second-order valence-corrected chi connectivity index (χ2v) is 7.47. The molecule has 0 amide bonds. The molecular formula is C20H27N3O5. The fourth-order valence-electron chi connectivity index (χ4n) is 4.13. The van der Waals surface area contributed by atoms with E-state index in [2.05, 4.69) is 9.88 Å². The van der Waals surface area contributed by atoms with E-state index in [9.17, 15) is 9.59 Å². The van der Waals surface area contributed by atoms with Crippen molar-refractivity contribution in [2.45, 2.75) is 32.1 Å². The third-order valence-electron chi connectivity index (χ3n) is 5.76. The number of nitrogens with one attached hydrogen (secondary N) is 1. The number of fused-ring (bicyclic) bond motifs is 1. The summed E-state index contributed by atoms with van der Waals surface area (Å²) in [4.78, 5) is 30.4. The first-order valence-corrected chi connectivity index (χ1v) is 9.91. The molecule has 0 unspecified atom stereocenters. The number of H-pyrrole nitrogens is 1. The molecule has 0 bridgehead atoms. The van der Waals surface area contributed by atoms with Gasteiger partial charge in [0.25, 0.3) is 5.56 Å². The maximum Gasteiger partial charge on any atom is 0.328 e. The first-order chi connectivity index (χ1) is 13.7. The molecule has 0 spiro atoms. The summed E-state index contributed by atoms with van der Waals surface area (Å²) in [5.74, 6) is 0.985. The Morgan fingerprint density at radius 3 is 2.64 bits per heavy atom. The second-order valence-electron chi connectivity index (χ2n) is 7.47. The van der Waals surface area contributed by atoms with Gasteiger partial charge in [0, 0.05) is 13.1 Å². The van der Waals surface area contributed by atoms with Crippen molar-refractivity contribution in [3.05, 3.63) is 39.0 Å². The molecule has 28 heavy (non-hydrogen) atoms. The van der Waals surface area contributed by atoms with Gasteiger partial charge in [-0.3, -0.25) is 14.3 Å². The smallest absolute Gasteiger partial charge is 0.328 e. The van der Waals surface area contributed by atoms with Crippen molar-refractivity contribution in [1.82, 2.24) is 14.5 Å². The number of rotatable bonds is 6. The summed E-state index contributed by atoms with van der Waals surface area (Å²) >= 11 is 0. The van der Waals surface area contributed by atoms with Gasteiger partial charge in [-0.2, -0.15) is 0 Å². The fraction of sp³-hybridized carbons (Fsp3) is 0.600. The van der Waals surface area contributed by atoms with Crippen LogP contribution in [0, 0.1) is 5.92 Å². The van der Waals surface area contributed by atoms with Crippen molar-refractivity contribution in [2.24, 2.45) is 5.92 Å². The van der Waals surface area contributed by atoms with Crippen LogP contribution in [0.15, 0.2) is 27.8 Å². The van der Waals surface area contributed by atoms with Crippen molar-refractivity contribution in [3.63, 3.8) is 0 Å². The third-order valence-corrected chi connectivity index (χ3v) is 5.76. The predicted octanol–water partition coefficient (Wildman–Crippen LogP) is 1.17. The van der Waals surface area contributed by atoms with E-state index >= 15 is 0 Å². The highest BCUT2D eigenvalue weighted by Crippen LogP contribution is 2.22. The minimum Gasteiger partial charge on any atom is -0.496 e. The lowest BCUT2D eigenvalue weighted by Crippen LogP contribution is -2.40. The number of methoxy groups -OCH3 is 1. The fourth-order valence-corrected chi connectivity index (χ4v) is 4.13. The molecule has 1 aromatic carbocycles. The summed E-state index contributed by atoms with van der Waals surface area (Å²) in [6.07, 6.45) is 2.82. The van der Waals surface area contributed by atoms with Crippen LogP contribution < -0.4 is 16.0 Å². The topological polar surface area (TPSA) is 85.8 Å². The molecule has 0 aliphatic carbocycles. The van der Waals surface area contributed by atoms with Gasteiger partial charge in [0.05, 0.1) is 25.8 Å². The Labute approximate surface area is 163 Å². The average Bonchev–Trinajstić information content (AvgIpc) is 3.21. The Bertz CT molecular complexity index is 924. The highest BCUT2D eigenvalue weighted by molar-refractivity contribution is 5.83. The van der Waals surface area contributed by atoms with Gasteiger partial charge in [-0.25, -0.2) is 4.79 Å². The van der Waals surface area contributed by atoms with E-state index < -0.39 is 0 Å². The summed E-state index contributed by atoms with van der Waals surface area (Å²) in [6.45, 7) is 4.58. The van der Waals surface area contributed by atoms with Crippen LogP contribution in [0.1, 0.15) is 19.3 Å². The van der Waals surface area contributed by atoms with Crippen molar-refractivity contribution >= 4 is 10.9 Å². The lowest BCUT2D eigenvalue weighted by Gasteiger charge is -2.32. The van der Waals surface area contributed by atoms with E-state index in [0.717, 1.165) is 38.9 Å². The highest BCUT2D eigenvalue weighted by Gasteiger charge is 2.24. The quantitative estimate of drug-likeness (QED) is 0.798. The van der Waals surface area contributed by atoms with Crippen LogP contribution in [0.2, 0.25) is 0 Å². The van der Waals surface area contributed by atoms with E-state index in [-0.39, 0.29) is 17.5 Å². The summed E-state index contributed by atoms with van der Waals surface area (Å²) in [5, 5.41) is 0.427. The number of hydrogen-bond donors (Lipinski definition) is 1. The monoisotopic (exact) mass is 389 g/mol. The molecule has 8 nitrogen and oxygen atoms in total. The van der Waals surface area contributed by atoms with E-state index in [1.165, 1.54) is 11.7 Å². The molecule has 3 heterocycles. The lowest BCUT2D eigenvalue weighted by molar-refractivity contribution is -0.0662. The maximum absolute atomic E-state index is 12.9. The van der Waals surface area contributed by atoms with E-state index in [1.807, 2.05) is 0 Å². The van der Waals surface area contributed by atoms with Crippen LogP contribution >= 0.6 is 0 Å². The van der Waals surface area contributed by atoms with Gasteiger partial charge >= 0.3 is 5.69 Å². The Morgan fingerprint density at radius 2 is 1.93 bits per heavy atom. The highest BCUT2D eigenvalue weighted by atomic mass is 16.7. The van der Waals surface area contributed by atoms with Crippen LogP contribution in [0.25, 0.3) is 10.9 Å². The normalized spacial score (nSPS) is 19.5. The molecule has 8 heteroatoms. The molecule has 1 N–H and O–H groups in total. The van der Waals surface area contributed by atoms with Crippen molar-refractivity contribution < 1.29 is 14.2 Å². The van der Waals surface area contributed by atoms with Crippen LogP contribution in [-0.4, -0.2) is 60.7 Å². The molecule has 152 valence electrons. The number of likely N-dealkylation sites (tertiary alicyclic amines) is 1. The molecule has 2 aromatic rings.